The van der Waals surface area contributed by atoms with Crippen molar-refractivity contribution in [3.63, 3.8) is 0 Å². The summed E-state index contributed by atoms with van der Waals surface area (Å²) in [6, 6.07) is 8.87. The third kappa shape index (κ3) is 5.29. The molecule has 0 heterocycles. The molecule has 1 aromatic carbocycles. The molecule has 2 nitrogen and oxygen atoms in total. The van der Waals surface area contributed by atoms with E-state index >= 15 is 0 Å². The van der Waals surface area contributed by atoms with Gasteiger partial charge in [0, 0.05) is 13.1 Å². The molecule has 0 saturated heterocycles. The van der Waals surface area contributed by atoms with Gasteiger partial charge in [-0.2, -0.15) is 0 Å². The zero-order valence-corrected chi connectivity index (χ0v) is 13.6. The number of hydrogen-bond donors (Lipinski definition) is 1. The van der Waals surface area contributed by atoms with Crippen LogP contribution in [0.5, 0.6) is 0 Å². The maximum Gasteiger partial charge on any atom is 0.0236 e. The molecule has 0 saturated carbocycles. The van der Waals surface area contributed by atoms with Crippen molar-refractivity contribution in [2.75, 3.05) is 19.6 Å². The van der Waals surface area contributed by atoms with Crippen molar-refractivity contribution in [3.05, 3.63) is 47.5 Å². The highest BCUT2D eigenvalue weighted by atomic mass is 15.1. The minimum atomic E-state index is 0.824. The molecule has 0 radical (unpaired) electrons. The van der Waals surface area contributed by atoms with E-state index in [1.54, 1.807) is 0 Å². The second-order valence-corrected chi connectivity index (χ2v) is 6.01. The molecule has 1 N–H and O–H groups in total. The lowest BCUT2D eigenvalue weighted by molar-refractivity contribution is 0.294. The van der Waals surface area contributed by atoms with Crippen LogP contribution in [0.25, 0.3) is 0 Å². The van der Waals surface area contributed by atoms with Crippen LogP contribution in [0.3, 0.4) is 0 Å². The van der Waals surface area contributed by atoms with E-state index < -0.39 is 0 Å². The Hall–Kier alpha value is -1.12. The third-order valence-corrected chi connectivity index (χ3v) is 4.53. The summed E-state index contributed by atoms with van der Waals surface area (Å²) in [5, 5.41) is 3.67. The fourth-order valence-electron chi connectivity index (χ4n) is 3.02. The maximum absolute atomic E-state index is 3.67. The third-order valence-electron chi connectivity index (χ3n) is 4.53. The van der Waals surface area contributed by atoms with Gasteiger partial charge in [0.05, 0.1) is 0 Å². The number of rotatable bonds is 8. The summed E-state index contributed by atoms with van der Waals surface area (Å²) >= 11 is 0. The van der Waals surface area contributed by atoms with E-state index in [9.17, 15) is 0 Å². The normalized spacial score (nSPS) is 18.3. The van der Waals surface area contributed by atoms with Crippen LogP contribution in [0.1, 0.15) is 44.2 Å². The standard InChI is InChI=1S/C19H30N2/c1-3-21(4-2)16-19-13-9-8-12-18(19)15-20-14-17-10-6-5-7-11-17/h5-6,8-9,12-13,17,20H,3-4,7,10-11,14-16H2,1-2H3. The van der Waals surface area contributed by atoms with Gasteiger partial charge in [-0.15, -0.1) is 0 Å². The summed E-state index contributed by atoms with van der Waals surface area (Å²) in [6.07, 6.45) is 8.49. The average Bonchev–Trinajstić information content (AvgIpc) is 2.55. The molecule has 1 unspecified atom stereocenters. The molecule has 21 heavy (non-hydrogen) atoms. The number of nitrogens with zero attached hydrogens (tertiary/aromatic N) is 1. The van der Waals surface area contributed by atoms with Crippen molar-refractivity contribution < 1.29 is 0 Å². The van der Waals surface area contributed by atoms with Gasteiger partial charge in [-0.25, -0.2) is 0 Å². The maximum atomic E-state index is 3.67. The van der Waals surface area contributed by atoms with Gasteiger partial charge in [-0.1, -0.05) is 50.3 Å². The van der Waals surface area contributed by atoms with E-state index in [0.29, 0.717) is 0 Å². The highest BCUT2D eigenvalue weighted by molar-refractivity contribution is 5.27. The topological polar surface area (TPSA) is 15.3 Å². The molecule has 116 valence electrons. The van der Waals surface area contributed by atoms with Crippen LogP contribution in [-0.4, -0.2) is 24.5 Å². The molecule has 0 fully saturated rings. The number of benzene rings is 1. The van der Waals surface area contributed by atoms with Crippen molar-refractivity contribution in [1.82, 2.24) is 10.2 Å². The van der Waals surface area contributed by atoms with Crippen LogP contribution in [0.2, 0.25) is 0 Å². The molecule has 1 aliphatic carbocycles. The molecule has 0 spiro atoms. The summed E-state index contributed by atoms with van der Waals surface area (Å²) in [7, 11) is 0. The monoisotopic (exact) mass is 286 g/mol. The summed E-state index contributed by atoms with van der Waals surface area (Å²) < 4.78 is 0. The summed E-state index contributed by atoms with van der Waals surface area (Å²) in [4.78, 5) is 2.48. The molecule has 0 amide bonds. The fourth-order valence-corrected chi connectivity index (χ4v) is 3.02. The van der Waals surface area contributed by atoms with Crippen LogP contribution in [0, 0.1) is 5.92 Å². The largest absolute Gasteiger partial charge is 0.312 e. The Morgan fingerprint density at radius 2 is 1.86 bits per heavy atom. The summed E-state index contributed by atoms with van der Waals surface area (Å²) in [5.41, 5.74) is 2.92. The van der Waals surface area contributed by atoms with Crippen molar-refractivity contribution >= 4 is 0 Å². The number of allylic oxidation sites excluding steroid dienone is 2. The first-order chi connectivity index (χ1) is 10.3. The Balaban J connectivity index is 1.85. The van der Waals surface area contributed by atoms with Crippen molar-refractivity contribution in [2.45, 2.75) is 46.2 Å². The number of nitrogens with one attached hydrogen (secondary N) is 1. The van der Waals surface area contributed by atoms with Gasteiger partial charge in [0.25, 0.3) is 0 Å². The molecule has 0 bridgehead atoms. The lowest BCUT2D eigenvalue weighted by atomic mass is 9.94. The van der Waals surface area contributed by atoms with E-state index in [-0.39, 0.29) is 0 Å². The van der Waals surface area contributed by atoms with Gasteiger partial charge >= 0.3 is 0 Å². The highest BCUT2D eigenvalue weighted by Gasteiger charge is 2.10. The Labute approximate surface area is 130 Å². The molecule has 1 aromatic rings. The minimum absolute atomic E-state index is 0.824. The average molecular weight is 286 g/mol. The van der Waals surface area contributed by atoms with Crippen LogP contribution in [0.15, 0.2) is 36.4 Å². The van der Waals surface area contributed by atoms with Gasteiger partial charge in [0.2, 0.25) is 0 Å². The van der Waals surface area contributed by atoms with E-state index in [2.05, 4.69) is 60.5 Å². The molecular weight excluding hydrogens is 256 g/mol. The van der Waals surface area contributed by atoms with E-state index in [0.717, 1.165) is 38.6 Å². The van der Waals surface area contributed by atoms with Crippen LogP contribution < -0.4 is 5.32 Å². The first-order valence-corrected chi connectivity index (χ1v) is 8.48. The van der Waals surface area contributed by atoms with E-state index in [1.807, 2.05) is 0 Å². The fraction of sp³-hybridized carbons (Fsp3) is 0.579. The first kappa shape index (κ1) is 16.3. The van der Waals surface area contributed by atoms with Gasteiger partial charge < -0.3 is 5.32 Å². The Morgan fingerprint density at radius 1 is 1.10 bits per heavy atom. The Morgan fingerprint density at radius 3 is 2.52 bits per heavy atom. The zero-order chi connectivity index (χ0) is 14.9. The van der Waals surface area contributed by atoms with Crippen LogP contribution in [0.4, 0.5) is 0 Å². The van der Waals surface area contributed by atoms with Gasteiger partial charge in [-0.3, -0.25) is 4.90 Å². The quantitative estimate of drug-likeness (QED) is 0.727. The predicted octanol–water partition coefficient (Wildman–Crippen LogP) is 3.97. The molecule has 2 rings (SSSR count). The Kier molecular flexibility index (Phi) is 6.98. The van der Waals surface area contributed by atoms with Gasteiger partial charge in [0.1, 0.15) is 0 Å². The highest BCUT2D eigenvalue weighted by Crippen LogP contribution is 2.17. The van der Waals surface area contributed by atoms with E-state index in [4.69, 9.17) is 0 Å². The van der Waals surface area contributed by atoms with Crippen molar-refractivity contribution in [1.29, 1.82) is 0 Å². The minimum Gasteiger partial charge on any atom is -0.312 e. The molecule has 2 heteroatoms. The van der Waals surface area contributed by atoms with Gasteiger partial charge in [-0.05, 0) is 55.9 Å². The summed E-state index contributed by atoms with van der Waals surface area (Å²) in [6.45, 7) is 9.92. The molecular formula is C19H30N2. The molecule has 0 aromatic heterocycles. The first-order valence-electron chi connectivity index (χ1n) is 8.48. The lowest BCUT2D eigenvalue weighted by Gasteiger charge is -2.21. The predicted molar refractivity (Wildman–Crippen MR) is 91.3 cm³/mol. The lowest BCUT2D eigenvalue weighted by Crippen LogP contribution is -2.26. The van der Waals surface area contributed by atoms with Crippen molar-refractivity contribution in [3.8, 4) is 0 Å². The van der Waals surface area contributed by atoms with Crippen LogP contribution >= 0.6 is 0 Å². The second-order valence-electron chi connectivity index (χ2n) is 6.01. The van der Waals surface area contributed by atoms with E-state index in [1.165, 1.54) is 30.4 Å². The second kappa shape index (κ2) is 9.01. The van der Waals surface area contributed by atoms with Crippen molar-refractivity contribution in [2.24, 2.45) is 5.92 Å². The molecule has 1 atom stereocenters. The smallest absolute Gasteiger partial charge is 0.0236 e. The van der Waals surface area contributed by atoms with Gasteiger partial charge in [0.15, 0.2) is 0 Å². The SMILES string of the molecule is CCN(CC)Cc1ccccc1CNCC1CC=CCC1. The summed E-state index contributed by atoms with van der Waals surface area (Å²) in [5.74, 6) is 0.824. The van der Waals surface area contributed by atoms with Crippen LogP contribution in [-0.2, 0) is 13.1 Å². The zero-order valence-electron chi connectivity index (χ0n) is 13.6. The molecule has 0 aliphatic heterocycles. The molecule has 1 aliphatic rings. The Bertz CT molecular complexity index is 435. The number of hydrogen-bond acceptors (Lipinski definition) is 2.